The fourth-order valence-corrected chi connectivity index (χ4v) is 5.09. The van der Waals surface area contributed by atoms with Crippen molar-refractivity contribution >= 4 is 46.4 Å². The predicted octanol–water partition coefficient (Wildman–Crippen LogP) is 8.79. The Bertz CT molecular complexity index is 1660. The van der Waals surface area contributed by atoms with Crippen LogP contribution in [0.25, 0.3) is 6.08 Å². The summed E-state index contributed by atoms with van der Waals surface area (Å²) in [4.78, 5) is 26.8. The van der Waals surface area contributed by atoms with Crippen LogP contribution < -0.4 is 4.90 Å². The van der Waals surface area contributed by atoms with E-state index in [1.807, 2.05) is 72.1 Å². The van der Waals surface area contributed by atoms with E-state index in [1.165, 1.54) is 17.2 Å². The second-order valence-electron chi connectivity index (χ2n) is 9.77. The summed E-state index contributed by atoms with van der Waals surface area (Å²) in [7, 11) is 0. The lowest BCUT2D eigenvalue weighted by molar-refractivity contribution is -0.139. The summed E-state index contributed by atoms with van der Waals surface area (Å²) in [5, 5.41) is 1.96. The molecule has 6 heteroatoms. The van der Waals surface area contributed by atoms with Crippen molar-refractivity contribution < 1.29 is 19.1 Å². The van der Waals surface area contributed by atoms with E-state index in [-0.39, 0.29) is 19.2 Å². The Kier molecular flexibility index (Phi) is 9.96. The predicted molar refractivity (Wildman–Crippen MR) is 174 cm³/mol. The number of anilines is 3. The van der Waals surface area contributed by atoms with Crippen molar-refractivity contribution in [3.8, 4) is 0 Å². The van der Waals surface area contributed by atoms with Gasteiger partial charge in [0.1, 0.15) is 13.2 Å². The molecule has 0 spiro atoms. The first kappa shape index (κ1) is 29.3. The van der Waals surface area contributed by atoms with Crippen LogP contribution in [0.4, 0.5) is 17.1 Å². The molecule has 214 valence electrons. The van der Waals surface area contributed by atoms with E-state index < -0.39 is 5.97 Å². The molecule has 0 N–H and O–H groups in total. The molecule has 0 saturated heterocycles. The molecule has 43 heavy (non-hydrogen) atoms. The highest BCUT2D eigenvalue weighted by Crippen LogP contribution is 2.35. The van der Waals surface area contributed by atoms with E-state index in [0.717, 1.165) is 45.6 Å². The second-order valence-corrected chi connectivity index (χ2v) is 10.7. The van der Waals surface area contributed by atoms with E-state index in [1.54, 1.807) is 17.4 Å². The van der Waals surface area contributed by atoms with Crippen molar-refractivity contribution in [1.82, 2.24) is 0 Å². The normalized spacial score (nSPS) is 10.8. The smallest absolute Gasteiger partial charge is 0.331 e. The maximum atomic E-state index is 12.2. The first-order chi connectivity index (χ1) is 21.1. The Morgan fingerprint density at radius 2 is 1.14 bits per heavy atom. The van der Waals surface area contributed by atoms with Crippen molar-refractivity contribution in [1.29, 1.82) is 0 Å². The number of esters is 2. The standard InChI is InChI=1S/C37H31NO4S/c1-2-36(39)41-26-30-12-18-33(19-13-30)38(32-16-10-29(11-17-32)25-28-7-4-3-5-8-28)34-20-14-31(15-21-34)27-42-37(40)23-22-35-9-6-24-43-35/h2-24H,1,25-27H2. The number of hydrogen-bond acceptors (Lipinski definition) is 6. The number of benzene rings is 4. The van der Waals surface area contributed by atoms with Crippen LogP contribution in [-0.4, -0.2) is 11.9 Å². The zero-order chi connectivity index (χ0) is 29.9. The lowest BCUT2D eigenvalue weighted by Gasteiger charge is -2.26. The molecule has 0 aliphatic heterocycles. The van der Waals surface area contributed by atoms with Crippen molar-refractivity contribution in [3.05, 3.63) is 167 Å². The Balaban J connectivity index is 1.33. The van der Waals surface area contributed by atoms with Crippen molar-refractivity contribution in [3.63, 3.8) is 0 Å². The maximum absolute atomic E-state index is 12.2. The van der Waals surface area contributed by atoms with E-state index >= 15 is 0 Å². The Hall–Kier alpha value is -5.20. The Morgan fingerprint density at radius 1 is 0.628 bits per heavy atom. The van der Waals surface area contributed by atoms with E-state index in [9.17, 15) is 9.59 Å². The maximum Gasteiger partial charge on any atom is 0.331 e. The Morgan fingerprint density at radius 3 is 1.65 bits per heavy atom. The third-order valence-electron chi connectivity index (χ3n) is 6.69. The van der Waals surface area contributed by atoms with Gasteiger partial charge in [-0.3, -0.25) is 0 Å². The minimum atomic E-state index is -0.453. The molecule has 5 nitrogen and oxygen atoms in total. The quantitative estimate of drug-likeness (QED) is 0.108. The van der Waals surface area contributed by atoms with E-state index in [2.05, 4.69) is 60.0 Å². The van der Waals surface area contributed by atoms with Crippen molar-refractivity contribution in [2.45, 2.75) is 19.6 Å². The van der Waals surface area contributed by atoms with Crippen molar-refractivity contribution in [2.24, 2.45) is 0 Å². The van der Waals surface area contributed by atoms with Crippen LogP contribution in [0.1, 0.15) is 27.1 Å². The first-order valence-corrected chi connectivity index (χ1v) is 14.7. The largest absolute Gasteiger partial charge is 0.458 e. The van der Waals surface area contributed by atoms with Gasteiger partial charge in [0, 0.05) is 34.1 Å². The summed E-state index contributed by atoms with van der Waals surface area (Å²) in [6.45, 7) is 3.80. The highest BCUT2D eigenvalue weighted by Gasteiger charge is 2.13. The number of ether oxygens (including phenoxy) is 2. The molecule has 1 aromatic heterocycles. The van der Waals surface area contributed by atoms with Crippen LogP contribution in [-0.2, 0) is 38.7 Å². The molecular weight excluding hydrogens is 554 g/mol. The van der Waals surface area contributed by atoms with Crippen LogP contribution in [0, 0.1) is 0 Å². The summed E-state index contributed by atoms with van der Waals surface area (Å²) in [6.07, 6.45) is 5.22. The highest BCUT2D eigenvalue weighted by atomic mass is 32.1. The average molecular weight is 586 g/mol. The van der Waals surface area contributed by atoms with Gasteiger partial charge in [-0.25, -0.2) is 9.59 Å². The number of nitrogens with zero attached hydrogens (tertiary/aromatic N) is 1. The Labute approximate surface area is 256 Å². The van der Waals surface area contributed by atoms with Gasteiger partial charge in [0.05, 0.1) is 0 Å². The zero-order valence-electron chi connectivity index (χ0n) is 23.6. The minimum absolute atomic E-state index is 0.176. The third kappa shape index (κ3) is 8.41. The summed E-state index contributed by atoms with van der Waals surface area (Å²) < 4.78 is 10.6. The molecule has 0 atom stereocenters. The second kappa shape index (κ2) is 14.6. The molecule has 1 heterocycles. The fourth-order valence-electron chi connectivity index (χ4n) is 4.48. The monoisotopic (exact) mass is 585 g/mol. The van der Waals surface area contributed by atoms with Crippen LogP contribution in [0.2, 0.25) is 0 Å². The van der Waals surface area contributed by atoms with E-state index in [0.29, 0.717) is 0 Å². The van der Waals surface area contributed by atoms with Gasteiger partial charge < -0.3 is 14.4 Å². The van der Waals surface area contributed by atoms with Gasteiger partial charge in [-0.05, 0) is 82.6 Å². The fraction of sp³-hybridized carbons (Fsp3) is 0.0811. The molecule has 4 aromatic carbocycles. The molecule has 0 unspecified atom stereocenters. The number of hydrogen-bond donors (Lipinski definition) is 0. The molecule has 0 saturated carbocycles. The summed E-state index contributed by atoms with van der Waals surface area (Å²) >= 11 is 1.56. The molecule has 0 aliphatic carbocycles. The van der Waals surface area contributed by atoms with Gasteiger partial charge in [0.2, 0.25) is 0 Å². The van der Waals surface area contributed by atoms with Gasteiger partial charge in [0.15, 0.2) is 0 Å². The van der Waals surface area contributed by atoms with Crippen LogP contribution in [0.3, 0.4) is 0 Å². The minimum Gasteiger partial charge on any atom is -0.458 e. The van der Waals surface area contributed by atoms with Gasteiger partial charge in [-0.1, -0.05) is 79.4 Å². The van der Waals surface area contributed by atoms with Crippen molar-refractivity contribution in [2.75, 3.05) is 4.90 Å². The molecule has 5 aromatic rings. The number of thiophene rings is 1. The van der Waals surface area contributed by atoms with Gasteiger partial charge >= 0.3 is 11.9 Å². The van der Waals surface area contributed by atoms with Crippen LogP contribution in [0.5, 0.6) is 0 Å². The first-order valence-electron chi connectivity index (χ1n) is 13.9. The molecule has 0 amide bonds. The lowest BCUT2D eigenvalue weighted by atomic mass is 10.0. The number of carbonyl (C=O) groups is 2. The summed E-state index contributed by atoms with van der Waals surface area (Å²) in [5.41, 5.74) is 7.15. The molecule has 5 rings (SSSR count). The third-order valence-corrected chi connectivity index (χ3v) is 7.53. The summed E-state index contributed by atoms with van der Waals surface area (Å²) in [6, 6.07) is 38.7. The molecular formula is C37H31NO4S. The summed E-state index contributed by atoms with van der Waals surface area (Å²) in [5.74, 6) is -0.834. The van der Waals surface area contributed by atoms with Gasteiger partial charge in [0.25, 0.3) is 0 Å². The SMILES string of the molecule is C=CC(=O)OCc1ccc(N(c2ccc(COC(=O)C=Cc3cccs3)cc2)c2ccc(Cc3ccccc3)cc2)cc1. The average Bonchev–Trinajstić information content (AvgIpc) is 3.58. The number of carbonyl (C=O) groups excluding carboxylic acids is 2. The zero-order valence-corrected chi connectivity index (χ0v) is 24.4. The lowest BCUT2D eigenvalue weighted by Crippen LogP contribution is -2.10. The van der Waals surface area contributed by atoms with Gasteiger partial charge in [-0.15, -0.1) is 11.3 Å². The van der Waals surface area contributed by atoms with Crippen LogP contribution >= 0.6 is 11.3 Å². The number of rotatable bonds is 12. The molecule has 0 radical (unpaired) electrons. The highest BCUT2D eigenvalue weighted by molar-refractivity contribution is 7.10. The van der Waals surface area contributed by atoms with Gasteiger partial charge in [-0.2, -0.15) is 0 Å². The van der Waals surface area contributed by atoms with E-state index in [4.69, 9.17) is 9.47 Å². The molecule has 0 bridgehead atoms. The molecule has 0 aliphatic rings. The van der Waals surface area contributed by atoms with Crippen LogP contribution in [0.15, 0.2) is 139 Å². The molecule has 0 fully saturated rings. The topological polar surface area (TPSA) is 55.8 Å².